The summed E-state index contributed by atoms with van der Waals surface area (Å²) >= 11 is -2.73. The lowest BCUT2D eigenvalue weighted by molar-refractivity contribution is -0.0598. The van der Waals surface area contributed by atoms with Gasteiger partial charge in [-0.2, -0.15) is 13.2 Å². The van der Waals surface area contributed by atoms with Crippen molar-refractivity contribution >= 4 is 27.6 Å². The molecule has 4 nitrogen and oxygen atoms in total. The lowest BCUT2D eigenvalue weighted by Crippen LogP contribution is -2.27. The summed E-state index contributed by atoms with van der Waals surface area (Å²) in [4.78, 5) is 4.82. The van der Waals surface area contributed by atoms with E-state index in [1.807, 2.05) is 0 Å². The first-order valence-corrected chi connectivity index (χ1v) is 9.68. The van der Waals surface area contributed by atoms with Gasteiger partial charge in [-0.1, -0.05) is 53.2 Å². The number of halogens is 3. The van der Waals surface area contributed by atoms with Gasteiger partial charge in [0.25, 0.3) is 0 Å². The minimum Gasteiger partial charge on any atom is -0.768 e. The fourth-order valence-corrected chi connectivity index (χ4v) is 3.99. The van der Waals surface area contributed by atoms with Crippen LogP contribution in [0.3, 0.4) is 0 Å². The highest BCUT2D eigenvalue weighted by Crippen LogP contribution is 2.32. The molecule has 3 aromatic rings. The molecule has 3 rings (SSSR count). The van der Waals surface area contributed by atoms with Crippen molar-refractivity contribution in [3.8, 4) is 5.75 Å². The molecule has 0 radical (unpaired) electrons. The van der Waals surface area contributed by atoms with Crippen LogP contribution in [0, 0.1) is 20.8 Å². The molecule has 0 spiro atoms. The van der Waals surface area contributed by atoms with Crippen LogP contribution in [0.1, 0.15) is 22.3 Å². The highest BCUT2D eigenvalue weighted by Gasteiger charge is 2.39. The minimum atomic E-state index is -4.79. The fraction of sp³-hybridized carbons (Fsp3) is 0.190. The van der Waals surface area contributed by atoms with Gasteiger partial charge in [0.15, 0.2) is 11.5 Å². The van der Waals surface area contributed by atoms with Crippen molar-refractivity contribution in [1.29, 1.82) is 0 Å². The van der Waals surface area contributed by atoms with Crippen LogP contribution < -0.4 is 4.84 Å². The Morgan fingerprint density at radius 3 is 2.24 bits per heavy atom. The molecule has 1 atom stereocenters. The normalized spacial score (nSPS) is 13.6. The van der Waals surface area contributed by atoms with Gasteiger partial charge in [0.05, 0.1) is 4.90 Å². The molecule has 0 heterocycles. The minimum absolute atomic E-state index is 0.0892. The molecule has 29 heavy (non-hydrogen) atoms. The largest absolute Gasteiger partial charge is 0.768 e. The summed E-state index contributed by atoms with van der Waals surface area (Å²) in [6.45, 7) is 4.91. The number of alkyl halides is 3. The van der Waals surface area contributed by atoms with Crippen molar-refractivity contribution in [3.05, 3.63) is 70.8 Å². The Kier molecular flexibility index (Phi) is 5.77. The van der Waals surface area contributed by atoms with Gasteiger partial charge in [-0.15, -0.1) is 0 Å². The van der Waals surface area contributed by atoms with Crippen molar-refractivity contribution < 1.29 is 26.8 Å². The molecule has 0 aliphatic heterocycles. The Hall–Kier alpha value is -2.71. The van der Waals surface area contributed by atoms with Gasteiger partial charge in [0.1, 0.15) is 0 Å². The maximum absolute atomic E-state index is 13.7. The highest BCUT2D eigenvalue weighted by molar-refractivity contribution is 7.79. The van der Waals surface area contributed by atoms with E-state index in [-0.39, 0.29) is 16.2 Å². The Morgan fingerprint density at radius 1 is 1.03 bits per heavy atom. The van der Waals surface area contributed by atoms with E-state index in [4.69, 9.17) is 4.84 Å². The molecule has 0 aliphatic rings. The zero-order chi connectivity index (χ0) is 21.3. The van der Waals surface area contributed by atoms with E-state index in [1.165, 1.54) is 6.07 Å². The molecule has 0 saturated heterocycles. The summed E-state index contributed by atoms with van der Waals surface area (Å²) in [7, 11) is 0. The second-order valence-corrected chi connectivity index (χ2v) is 7.53. The third-order valence-corrected chi connectivity index (χ3v) is 5.18. The van der Waals surface area contributed by atoms with Crippen molar-refractivity contribution in [1.82, 2.24) is 0 Å². The first kappa shape index (κ1) is 21.0. The molecule has 0 aliphatic carbocycles. The quantitative estimate of drug-likeness (QED) is 0.325. The van der Waals surface area contributed by atoms with Gasteiger partial charge >= 0.3 is 6.18 Å². The molecule has 0 saturated carbocycles. The Morgan fingerprint density at radius 2 is 1.66 bits per heavy atom. The predicted octanol–water partition coefficient (Wildman–Crippen LogP) is 5.35. The Bertz CT molecular complexity index is 1120. The maximum atomic E-state index is 13.7. The molecule has 3 aromatic carbocycles. The molecular weight excluding hydrogens is 403 g/mol. The first-order valence-electron chi connectivity index (χ1n) is 8.61. The number of hydrogen-bond acceptors (Lipinski definition) is 4. The van der Waals surface area contributed by atoms with Crippen LogP contribution in [0.15, 0.2) is 58.6 Å². The van der Waals surface area contributed by atoms with Crippen LogP contribution >= 0.6 is 0 Å². The molecule has 0 fully saturated rings. The molecule has 8 heteroatoms. The number of nitrogens with zero attached hydrogens (tertiary/aromatic N) is 1. The van der Waals surface area contributed by atoms with E-state index >= 15 is 0 Å². The highest BCUT2D eigenvalue weighted by atomic mass is 32.2. The van der Waals surface area contributed by atoms with Crippen LogP contribution in [-0.2, 0) is 11.1 Å². The number of fused-ring (bicyclic) bond motifs is 1. The molecule has 1 unspecified atom stereocenters. The van der Waals surface area contributed by atoms with Gasteiger partial charge in [-0.05, 0) is 54.4 Å². The molecule has 0 bridgehead atoms. The van der Waals surface area contributed by atoms with Crippen LogP contribution in [-0.4, -0.2) is 20.6 Å². The summed E-state index contributed by atoms with van der Waals surface area (Å²) in [6, 6.07) is 12.7. The second kappa shape index (κ2) is 7.96. The van der Waals surface area contributed by atoms with Gasteiger partial charge in [0, 0.05) is 10.9 Å². The lowest BCUT2D eigenvalue weighted by Gasteiger charge is -2.17. The molecule has 0 N–H and O–H groups in total. The van der Waals surface area contributed by atoms with E-state index in [1.54, 1.807) is 63.2 Å². The van der Waals surface area contributed by atoms with Crippen LogP contribution in [0.25, 0.3) is 10.8 Å². The summed E-state index contributed by atoms with van der Waals surface area (Å²) in [6.07, 6.45) is -4.79. The SMILES string of the molecule is Cc1cc(C)c(C(=NOc2ccc3ccccc3c2S(=O)[O-])C(F)(F)F)c(C)c1. The number of hydrogen-bond donors (Lipinski definition) is 0. The number of aryl methyl sites for hydroxylation is 3. The Balaban J connectivity index is 2.15. The summed E-state index contributed by atoms with van der Waals surface area (Å²) in [5, 5.41) is 4.31. The molecule has 0 aromatic heterocycles. The van der Waals surface area contributed by atoms with E-state index in [2.05, 4.69) is 5.16 Å². The van der Waals surface area contributed by atoms with Gasteiger partial charge < -0.3 is 9.39 Å². The fourth-order valence-electron chi connectivity index (χ4n) is 3.35. The van der Waals surface area contributed by atoms with Crippen molar-refractivity contribution in [2.24, 2.45) is 5.16 Å². The molecule has 152 valence electrons. The lowest BCUT2D eigenvalue weighted by atomic mass is 9.96. The summed E-state index contributed by atoms with van der Waals surface area (Å²) in [5.74, 6) is -0.277. The third kappa shape index (κ3) is 4.33. The topological polar surface area (TPSA) is 61.7 Å². The van der Waals surface area contributed by atoms with Crippen molar-refractivity contribution in [2.45, 2.75) is 31.8 Å². The maximum Gasteiger partial charge on any atom is 0.437 e. The average Bonchev–Trinajstić information content (AvgIpc) is 2.61. The van der Waals surface area contributed by atoms with Gasteiger partial charge in [-0.3, -0.25) is 4.21 Å². The smallest absolute Gasteiger partial charge is 0.437 e. The summed E-state index contributed by atoms with van der Waals surface area (Å²) < 4.78 is 64.7. The molecular formula is C21H17F3NO3S-. The van der Waals surface area contributed by atoms with Crippen molar-refractivity contribution in [3.63, 3.8) is 0 Å². The van der Waals surface area contributed by atoms with Crippen LogP contribution in [0.4, 0.5) is 13.2 Å². The van der Waals surface area contributed by atoms with Crippen LogP contribution in [0.5, 0.6) is 5.75 Å². The standard InChI is InChI=1S/C21H18F3NO3S/c1-12-10-13(2)18(14(3)11-12)20(21(22,23)24)25-28-17-9-8-15-6-4-5-7-16(15)19(17)29(26)27/h4-11H,1-3H3,(H,26,27)/p-1. The summed E-state index contributed by atoms with van der Waals surface area (Å²) in [5.41, 5.74) is 0.309. The predicted molar refractivity (Wildman–Crippen MR) is 105 cm³/mol. The average molecular weight is 420 g/mol. The number of oxime groups is 1. The van der Waals surface area contributed by atoms with Gasteiger partial charge in [-0.25, -0.2) is 0 Å². The Labute approximate surface area is 168 Å². The van der Waals surface area contributed by atoms with Gasteiger partial charge in [0.2, 0.25) is 0 Å². The zero-order valence-corrected chi connectivity index (χ0v) is 16.6. The zero-order valence-electron chi connectivity index (χ0n) is 15.8. The van der Waals surface area contributed by atoms with Crippen molar-refractivity contribution in [2.75, 3.05) is 0 Å². The van der Waals surface area contributed by atoms with Crippen LogP contribution in [0.2, 0.25) is 0 Å². The molecule has 0 amide bonds. The third-order valence-electron chi connectivity index (χ3n) is 4.43. The first-order chi connectivity index (χ1) is 13.6. The number of benzene rings is 3. The second-order valence-electron chi connectivity index (χ2n) is 6.65. The van der Waals surface area contributed by atoms with E-state index in [0.717, 1.165) is 5.56 Å². The van der Waals surface area contributed by atoms with E-state index in [0.29, 0.717) is 21.9 Å². The van der Waals surface area contributed by atoms with E-state index in [9.17, 15) is 21.9 Å². The van der Waals surface area contributed by atoms with E-state index < -0.39 is 23.0 Å². The monoisotopic (exact) mass is 420 g/mol. The number of rotatable bonds is 4.